The first-order valence-corrected chi connectivity index (χ1v) is 9.12. The van der Waals surface area contributed by atoms with Gasteiger partial charge in [-0.3, -0.25) is 4.98 Å². The molecule has 0 unspecified atom stereocenters. The van der Waals surface area contributed by atoms with Crippen LogP contribution in [0.3, 0.4) is 0 Å². The SMILES string of the molecule is Cc1cc(N2CCN(c3nc(C)nc4cnccc34)CC2)nc(N(C)C)n1. The molecule has 4 rings (SSSR count). The monoisotopic (exact) mass is 364 g/mol. The van der Waals surface area contributed by atoms with Crippen molar-refractivity contribution in [1.82, 2.24) is 24.9 Å². The van der Waals surface area contributed by atoms with Crippen molar-refractivity contribution in [2.24, 2.45) is 0 Å². The van der Waals surface area contributed by atoms with E-state index in [0.29, 0.717) is 0 Å². The Bertz CT molecular complexity index is 963. The number of rotatable bonds is 3. The highest BCUT2D eigenvalue weighted by Gasteiger charge is 2.22. The van der Waals surface area contributed by atoms with Crippen LogP contribution < -0.4 is 14.7 Å². The first-order chi connectivity index (χ1) is 13.0. The largest absolute Gasteiger partial charge is 0.353 e. The smallest absolute Gasteiger partial charge is 0.226 e. The molecule has 0 spiro atoms. The van der Waals surface area contributed by atoms with E-state index in [4.69, 9.17) is 9.97 Å². The normalized spacial score (nSPS) is 14.7. The first kappa shape index (κ1) is 17.4. The topological polar surface area (TPSA) is 74.2 Å². The molecule has 0 N–H and O–H groups in total. The van der Waals surface area contributed by atoms with Crippen LogP contribution >= 0.6 is 0 Å². The summed E-state index contributed by atoms with van der Waals surface area (Å²) in [7, 11) is 3.93. The fraction of sp³-hybridized carbons (Fsp3) is 0.421. The third-order valence-electron chi connectivity index (χ3n) is 4.72. The molecule has 3 aromatic rings. The number of pyridine rings is 1. The summed E-state index contributed by atoms with van der Waals surface area (Å²) in [5, 5.41) is 1.05. The van der Waals surface area contributed by atoms with Gasteiger partial charge in [0, 0.05) is 63.6 Å². The molecule has 4 heterocycles. The Kier molecular flexibility index (Phi) is 4.47. The highest BCUT2D eigenvalue weighted by Crippen LogP contribution is 2.25. The minimum absolute atomic E-state index is 0.748. The molecule has 3 aromatic heterocycles. The number of nitrogens with zero attached hydrogens (tertiary/aromatic N) is 8. The van der Waals surface area contributed by atoms with Gasteiger partial charge in [-0.05, 0) is 19.9 Å². The lowest BCUT2D eigenvalue weighted by Gasteiger charge is -2.36. The van der Waals surface area contributed by atoms with Crippen LogP contribution in [0.25, 0.3) is 10.9 Å². The summed E-state index contributed by atoms with van der Waals surface area (Å²) < 4.78 is 0. The Balaban J connectivity index is 1.57. The van der Waals surface area contributed by atoms with E-state index in [1.807, 2.05) is 38.9 Å². The van der Waals surface area contributed by atoms with Crippen molar-refractivity contribution in [3.05, 3.63) is 36.0 Å². The highest BCUT2D eigenvalue weighted by molar-refractivity contribution is 5.88. The van der Waals surface area contributed by atoms with Gasteiger partial charge in [-0.2, -0.15) is 4.98 Å². The van der Waals surface area contributed by atoms with Gasteiger partial charge in [0.1, 0.15) is 17.5 Å². The second kappa shape index (κ2) is 6.94. The van der Waals surface area contributed by atoms with Crippen LogP contribution in [-0.4, -0.2) is 65.2 Å². The predicted molar refractivity (Wildman–Crippen MR) is 108 cm³/mol. The lowest BCUT2D eigenvalue weighted by molar-refractivity contribution is 0.641. The van der Waals surface area contributed by atoms with Crippen LogP contribution in [0, 0.1) is 13.8 Å². The minimum Gasteiger partial charge on any atom is -0.353 e. The van der Waals surface area contributed by atoms with Crippen molar-refractivity contribution in [2.75, 3.05) is 55.0 Å². The molecule has 0 radical (unpaired) electrons. The molecule has 0 aliphatic carbocycles. The molecular formula is C19H24N8. The van der Waals surface area contributed by atoms with E-state index in [-0.39, 0.29) is 0 Å². The summed E-state index contributed by atoms with van der Waals surface area (Å²) >= 11 is 0. The van der Waals surface area contributed by atoms with Crippen LogP contribution in [-0.2, 0) is 0 Å². The second-order valence-electron chi connectivity index (χ2n) is 7.02. The van der Waals surface area contributed by atoms with E-state index < -0.39 is 0 Å². The van der Waals surface area contributed by atoms with E-state index in [9.17, 15) is 0 Å². The van der Waals surface area contributed by atoms with E-state index in [1.165, 1.54) is 0 Å². The van der Waals surface area contributed by atoms with E-state index >= 15 is 0 Å². The third-order valence-corrected chi connectivity index (χ3v) is 4.72. The molecule has 1 fully saturated rings. The number of piperazine rings is 1. The molecule has 1 aliphatic rings. The zero-order chi connectivity index (χ0) is 19.0. The van der Waals surface area contributed by atoms with Crippen molar-refractivity contribution in [1.29, 1.82) is 0 Å². The molecule has 1 aliphatic heterocycles. The highest BCUT2D eigenvalue weighted by atomic mass is 15.3. The standard InChI is InChI=1S/C19H24N8/c1-13-11-17(24-19(21-13)25(3)4)26-7-9-27(10-8-26)18-15-5-6-20-12-16(15)22-14(2)23-18/h5-6,11-12H,7-10H2,1-4H3. The zero-order valence-corrected chi connectivity index (χ0v) is 16.2. The summed E-state index contributed by atoms with van der Waals surface area (Å²) in [6, 6.07) is 4.05. The summed E-state index contributed by atoms with van der Waals surface area (Å²) in [5.74, 6) is 3.50. The van der Waals surface area contributed by atoms with Crippen LogP contribution in [0.15, 0.2) is 24.5 Å². The van der Waals surface area contributed by atoms with Crippen LogP contribution in [0.4, 0.5) is 17.6 Å². The van der Waals surface area contributed by atoms with Gasteiger partial charge < -0.3 is 14.7 Å². The summed E-state index contributed by atoms with van der Waals surface area (Å²) in [5.41, 5.74) is 1.88. The molecular weight excluding hydrogens is 340 g/mol. The number of hydrogen-bond donors (Lipinski definition) is 0. The maximum Gasteiger partial charge on any atom is 0.226 e. The van der Waals surface area contributed by atoms with Gasteiger partial charge in [0.05, 0.1) is 11.7 Å². The van der Waals surface area contributed by atoms with Crippen molar-refractivity contribution in [2.45, 2.75) is 13.8 Å². The van der Waals surface area contributed by atoms with Crippen LogP contribution in [0.5, 0.6) is 0 Å². The lowest BCUT2D eigenvalue weighted by Crippen LogP contribution is -2.47. The zero-order valence-electron chi connectivity index (χ0n) is 16.2. The Morgan fingerprint density at radius 2 is 1.67 bits per heavy atom. The van der Waals surface area contributed by atoms with Crippen LogP contribution in [0.2, 0.25) is 0 Å². The minimum atomic E-state index is 0.748. The molecule has 140 valence electrons. The van der Waals surface area contributed by atoms with Crippen molar-refractivity contribution in [3.63, 3.8) is 0 Å². The maximum absolute atomic E-state index is 4.71. The molecule has 0 bridgehead atoms. The molecule has 0 saturated carbocycles. The number of aryl methyl sites for hydroxylation is 2. The predicted octanol–water partition coefficient (Wildman–Crippen LogP) is 1.82. The van der Waals surface area contributed by atoms with Gasteiger partial charge in [0.25, 0.3) is 0 Å². The number of hydrogen-bond acceptors (Lipinski definition) is 8. The molecule has 8 heteroatoms. The van der Waals surface area contributed by atoms with E-state index in [1.54, 1.807) is 12.4 Å². The molecule has 1 saturated heterocycles. The van der Waals surface area contributed by atoms with E-state index in [2.05, 4.69) is 30.8 Å². The van der Waals surface area contributed by atoms with Gasteiger partial charge in [0.15, 0.2) is 0 Å². The molecule has 0 aromatic carbocycles. The third kappa shape index (κ3) is 3.47. The van der Waals surface area contributed by atoms with Gasteiger partial charge in [0.2, 0.25) is 5.95 Å². The van der Waals surface area contributed by atoms with Crippen molar-refractivity contribution in [3.8, 4) is 0 Å². The van der Waals surface area contributed by atoms with Crippen LogP contribution in [0.1, 0.15) is 11.5 Å². The average Bonchev–Trinajstić information content (AvgIpc) is 2.67. The summed E-state index contributed by atoms with van der Waals surface area (Å²) in [6.45, 7) is 7.48. The Hall–Kier alpha value is -3.03. The maximum atomic E-state index is 4.71. The van der Waals surface area contributed by atoms with Gasteiger partial charge in [-0.1, -0.05) is 0 Å². The van der Waals surface area contributed by atoms with Crippen molar-refractivity contribution < 1.29 is 0 Å². The summed E-state index contributed by atoms with van der Waals surface area (Å²) in [6.07, 6.45) is 3.60. The van der Waals surface area contributed by atoms with Gasteiger partial charge >= 0.3 is 0 Å². The summed E-state index contributed by atoms with van der Waals surface area (Å²) in [4.78, 5) is 29.2. The second-order valence-corrected chi connectivity index (χ2v) is 7.02. The fourth-order valence-electron chi connectivity index (χ4n) is 3.36. The average molecular weight is 364 g/mol. The lowest BCUT2D eigenvalue weighted by atomic mass is 10.2. The van der Waals surface area contributed by atoms with Crippen molar-refractivity contribution >= 4 is 28.5 Å². The molecule has 8 nitrogen and oxygen atoms in total. The number of aromatic nitrogens is 5. The first-order valence-electron chi connectivity index (χ1n) is 9.12. The molecule has 0 atom stereocenters. The van der Waals surface area contributed by atoms with Gasteiger partial charge in [-0.15, -0.1) is 0 Å². The molecule has 0 amide bonds. The number of anilines is 3. The quantitative estimate of drug-likeness (QED) is 0.697. The Morgan fingerprint density at radius 1 is 0.926 bits per heavy atom. The number of fused-ring (bicyclic) bond motifs is 1. The van der Waals surface area contributed by atoms with E-state index in [0.717, 1.165) is 66.2 Å². The van der Waals surface area contributed by atoms with Gasteiger partial charge in [-0.25, -0.2) is 15.0 Å². The molecule has 27 heavy (non-hydrogen) atoms. The Labute approximate surface area is 158 Å². The Morgan fingerprint density at radius 3 is 2.41 bits per heavy atom. The fourth-order valence-corrected chi connectivity index (χ4v) is 3.36.